The number of benzene rings is 4. The summed E-state index contributed by atoms with van der Waals surface area (Å²) in [5, 5.41) is 31.0. The summed E-state index contributed by atoms with van der Waals surface area (Å²) in [6, 6.07) is 11.3. The molecule has 34 nitrogen and oxygen atoms in total. The van der Waals surface area contributed by atoms with Crippen molar-refractivity contribution in [3.8, 4) is 18.1 Å². The molecule has 11 N–H and O–H groups in total. The second-order valence-electron chi connectivity index (χ2n) is 32.7. The molecule has 35 heteroatoms. The number of H-pyrrole nitrogens is 1. The van der Waals surface area contributed by atoms with Gasteiger partial charge in [0.15, 0.2) is 11.9 Å². The predicted molar refractivity (Wildman–Crippen MR) is 437 cm³/mol. The molecule has 2 aliphatic rings. The summed E-state index contributed by atoms with van der Waals surface area (Å²) in [7, 11) is 1.47. The zero-order valence-electron chi connectivity index (χ0n) is 70.1. The van der Waals surface area contributed by atoms with Gasteiger partial charge in [-0.2, -0.15) is 0 Å². The monoisotopic (exact) mass is 1650 g/mol. The third kappa shape index (κ3) is 28.0. The minimum Gasteiger partial charge on any atom is -0.497 e. The number of aromatic amines is 1. The lowest BCUT2D eigenvalue weighted by molar-refractivity contribution is -0.156. The minimum atomic E-state index is -1.71. The Hall–Kier alpha value is -12.2. The van der Waals surface area contributed by atoms with Gasteiger partial charge in [-0.05, 0) is 192 Å². The van der Waals surface area contributed by atoms with Gasteiger partial charge in [-0.1, -0.05) is 59.6 Å². The number of Topliss-reactive ketones (excluding diaryl/α,β-unsaturated/α-hetero) is 1. The van der Waals surface area contributed by atoms with Crippen LogP contribution in [0.15, 0.2) is 102 Å². The number of halogens is 1. The van der Waals surface area contributed by atoms with E-state index in [1.165, 1.54) is 64.1 Å². The number of carbonyl (C=O) groups excluding carboxylic acids is 13. The molecule has 119 heavy (non-hydrogen) atoms. The molecule has 0 bridgehead atoms. The molecule has 0 spiro atoms. The highest BCUT2D eigenvalue weighted by Crippen LogP contribution is 2.33. The largest absolute Gasteiger partial charge is 0.497 e. The summed E-state index contributed by atoms with van der Waals surface area (Å²) in [5.74, 6) is -7.84. The lowest BCUT2D eigenvalue weighted by Crippen LogP contribution is -2.65. The summed E-state index contributed by atoms with van der Waals surface area (Å²) in [6.45, 7) is 22.6. The Balaban J connectivity index is 1.20. The fraction of sp³-hybridized carbons (Fsp3) is 0.512. The van der Waals surface area contributed by atoms with E-state index in [0.717, 1.165) is 11.8 Å². The third-order valence-corrected chi connectivity index (χ3v) is 19.4. The van der Waals surface area contributed by atoms with Crippen LogP contribution in [-0.4, -0.2) is 208 Å². The molecule has 2 aliphatic heterocycles. The zero-order chi connectivity index (χ0) is 88.0. The smallest absolute Gasteiger partial charge is 0.407 e. The first-order valence-electron chi connectivity index (χ1n) is 39.1. The van der Waals surface area contributed by atoms with E-state index in [-0.39, 0.29) is 58.5 Å². The van der Waals surface area contributed by atoms with Crippen LogP contribution in [0.5, 0.6) is 5.75 Å². The number of carbonyl (C=O) groups is 13. The molecule has 12 atom stereocenters. The average Bonchev–Trinajstić information content (AvgIpc) is 1.67. The van der Waals surface area contributed by atoms with Gasteiger partial charge in [-0.25, -0.2) is 9.18 Å². The molecule has 5 aromatic rings. The van der Waals surface area contributed by atoms with Crippen LogP contribution in [-0.2, 0) is 109 Å². The Bertz CT molecular complexity index is 4600. The molecule has 7 rings (SSSR count). The van der Waals surface area contributed by atoms with Crippen molar-refractivity contribution in [1.82, 2.24) is 62.6 Å². The molecule has 0 aliphatic carbocycles. The Labute approximate surface area is 691 Å². The molecule has 4 aromatic carbocycles. The van der Waals surface area contributed by atoms with Crippen LogP contribution in [0.25, 0.3) is 21.3 Å². The number of aromatic nitrogens is 1. The first-order chi connectivity index (χ1) is 55.9. The molecule has 0 saturated carbocycles. The number of azide groups is 1. The van der Waals surface area contributed by atoms with E-state index in [2.05, 4.69) is 74.1 Å². The number of esters is 1. The summed E-state index contributed by atoms with van der Waals surface area (Å²) >= 11 is 0. The number of fused-ring (bicyclic) bond motifs is 1. The normalized spacial score (nSPS) is 17.5. The summed E-state index contributed by atoms with van der Waals surface area (Å²) < 4.78 is 43.9. The van der Waals surface area contributed by atoms with Gasteiger partial charge in [-0.3, -0.25) is 57.5 Å². The highest BCUT2D eigenvalue weighted by atomic mass is 19.1. The fourth-order valence-corrected chi connectivity index (χ4v) is 13.7. The number of amides is 11. The van der Waals surface area contributed by atoms with Crippen molar-refractivity contribution in [3.63, 3.8) is 0 Å². The van der Waals surface area contributed by atoms with Crippen molar-refractivity contribution in [2.75, 3.05) is 32.1 Å². The van der Waals surface area contributed by atoms with Crippen LogP contribution in [0.1, 0.15) is 157 Å². The standard InChI is InChI=1S/C84H111FN16O18/c1-18-37-116-66-33-36-100(77(111)65(41-56-46-87-61-32-27-57(85)42-60(56)61)95-74(108)62(40-54-21-19-22-55(38-54)45-89-99-86)94-72(106)48(3)90-71(105)47(2)91-73(107)63(92-51(6)103)43-67(104)118-82(10,11)12)69(66)76(110)97-68(50(5)117-81(7,8)9)75(109)96-64(39-52-25-30-59(115-17)31-26-52)78(112)101-35-20-34-84(101,16)79(113)98-70(49(4)102)93-58-28-23-53(24-29-58)44-88-80(114)119-83(13,14)15/h1,19,21-32,38,42,46-48,50,62-66,68-70,87,93H,20,33-37,39-41,43-45H2,2-17H3,(H,88,114)(H,90,105)(H,91,107)(H,92,103)(H,94,106)(H,95,108)(H,96,109)(H,97,110)(H,98,113)/t47-,48+,50-,62-,63-,64-,65-,66-,68-,69-,70+,84-/m0/s1. The van der Waals surface area contributed by atoms with Gasteiger partial charge < -0.3 is 91.6 Å². The second kappa shape index (κ2) is 41.8. The number of nitrogens with one attached hydrogen (secondary N) is 11. The number of methoxy groups -OCH3 is 1. The molecule has 0 radical (unpaired) electrons. The van der Waals surface area contributed by atoms with Crippen molar-refractivity contribution >= 4 is 93.5 Å². The number of ether oxygens (including phenoxy) is 5. The van der Waals surface area contributed by atoms with Crippen LogP contribution in [0, 0.1) is 18.2 Å². The van der Waals surface area contributed by atoms with Gasteiger partial charge in [0.2, 0.25) is 59.1 Å². The second-order valence-corrected chi connectivity index (χ2v) is 32.7. The van der Waals surface area contributed by atoms with Crippen molar-refractivity contribution in [2.45, 2.75) is 251 Å². The van der Waals surface area contributed by atoms with Crippen LogP contribution in [0.4, 0.5) is 14.9 Å². The Morgan fingerprint density at radius 3 is 1.90 bits per heavy atom. The van der Waals surface area contributed by atoms with Crippen molar-refractivity contribution in [2.24, 2.45) is 5.11 Å². The maximum atomic E-state index is 16.0. The quantitative estimate of drug-likeness (QED) is 0.00566. The van der Waals surface area contributed by atoms with Crippen molar-refractivity contribution in [3.05, 3.63) is 141 Å². The topological polar surface area (TPSA) is 459 Å². The number of likely N-dealkylation sites (tertiary alicyclic amines) is 2. The van der Waals surface area contributed by atoms with E-state index in [1.54, 1.807) is 142 Å². The number of nitrogens with zero attached hydrogens (tertiary/aromatic N) is 5. The van der Waals surface area contributed by atoms with Gasteiger partial charge in [0.05, 0.1) is 37.9 Å². The first kappa shape index (κ1) is 94.0. The van der Waals surface area contributed by atoms with Crippen LogP contribution < -0.4 is 57.9 Å². The van der Waals surface area contributed by atoms with Gasteiger partial charge in [0, 0.05) is 73.5 Å². The van der Waals surface area contributed by atoms with E-state index < -0.39 is 185 Å². The number of anilines is 1. The number of terminal acetylenes is 1. The van der Waals surface area contributed by atoms with Gasteiger partial charge in [0.25, 0.3) is 0 Å². The van der Waals surface area contributed by atoms with Crippen molar-refractivity contribution in [1.29, 1.82) is 0 Å². The number of alkyl carbamates (subject to hydrolysis) is 1. The lowest BCUT2D eigenvalue weighted by atomic mass is 9.95. The van der Waals surface area contributed by atoms with E-state index >= 15 is 28.4 Å². The van der Waals surface area contributed by atoms with Crippen LogP contribution in [0.3, 0.4) is 0 Å². The number of ketones is 1. The summed E-state index contributed by atoms with van der Waals surface area (Å²) in [4.78, 5) is 194. The number of rotatable bonds is 37. The molecule has 2 saturated heterocycles. The molecule has 2 fully saturated rings. The predicted octanol–water partition coefficient (Wildman–Crippen LogP) is 5.71. The average molecular weight is 1650 g/mol. The maximum absolute atomic E-state index is 16.0. The SMILES string of the molecule is C#CCO[C@H]1CCN(C(=O)[C@H](Cc2c[nH]c3ccc(F)cc23)NC(=O)[C@H](Cc2cccc(CN=[N+]=[N-])c2)NC(=O)[C@@H](C)NC(=O)[C@H](C)NC(=O)[C@H](CC(=O)OC(C)(C)C)NC(C)=O)[C@@H]1C(=O)N[C@H](C(=O)N[C@@H](Cc1ccc(OC)cc1)C(=O)N1CCC[C@@]1(C)C(=O)N[C@@H](Nc1ccc(CNC(=O)OC(C)(C)C)cc1)C(C)=O)[C@H](C)OC(C)(C)C. The molecule has 11 amide bonds. The summed E-state index contributed by atoms with van der Waals surface area (Å²) in [5.41, 5.74) is 8.23. The third-order valence-electron chi connectivity index (χ3n) is 19.4. The lowest BCUT2D eigenvalue weighted by Gasteiger charge is -2.38. The molecule has 3 heterocycles. The fourth-order valence-electron chi connectivity index (χ4n) is 13.7. The molecule has 1 aromatic heterocycles. The van der Waals surface area contributed by atoms with E-state index in [9.17, 15) is 43.9 Å². The highest BCUT2D eigenvalue weighted by Gasteiger charge is 2.50. The van der Waals surface area contributed by atoms with Gasteiger partial charge in [-0.15, -0.1) is 6.42 Å². The summed E-state index contributed by atoms with van der Waals surface area (Å²) in [6.07, 6.45) is 1.81. The van der Waals surface area contributed by atoms with Crippen molar-refractivity contribution < 1.29 is 90.4 Å². The number of hydrogen-bond donors (Lipinski definition) is 11. The van der Waals surface area contributed by atoms with E-state index in [4.69, 9.17) is 30.1 Å². The highest BCUT2D eigenvalue weighted by molar-refractivity contribution is 6.01. The van der Waals surface area contributed by atoms with Crippen LogP contribution >= 0.6 is 0 Å². The Morgan fingerprint density at radius 1 is 0.672 bits per heavy atom. The zero-order valence-corrected chi connectivity index (χ0v) is 70.1. The molecular weight excluding hydrogens is 1540 g/mol. The van der Waals surface area contributed by atoms with Crippen LogP contribution in [0.2, 0.25) is 0 Å². The molecule has 642 valence electrons. The van der Waals surface area contributed by atoms with E-state index in [1.807, 2.05) is 0 Å². The molecule has 0 unspecified atom stereocenters. The number of hydrogen-bond acceptors (Lipinski definition) is 20. The van der Waals surface area contributed by atoms with Gasteiger partial charge >= 0.3 is 12.1 Å². The Morgan fingerprint density at radius 2 is 1.28 bits per heavy atom. The maximum Gasteiger partial charge on any atom is 0.407 e. The van der Waals surface area contributed by atoms with Gasteiger partial charge in [0.1, 0.15) is 83.2 Å². The minimum absolute atomic E-state index is 0.0275. The Kier molecular flexibility index (Phi) is 33.0. The first-order valence-corrected chi connectivity index (χ1v) is 39.1. The van der Waals surface area contributed by atoms with E-state index in [0.29, 0.717) is 56.6 Å². The molecular formula is C84H111FN16O18.